The molecule has 4 heteroatoms. The fourth-order valence-corrected chi connectivity index (χ4v) is 2.90. The van der Waals surface area contributed by atoms with Gasteiger partial charge in [-0.25, -0.2) is 0 Å². The fourth-order valence-electron chi connectivity index (χ4n) is 1.68. The van der Waals surface area contributed by atoms with E-state index >= 15 is 0 Å². The summed E-state index contributed by atoms with van der Waals surface area (Å²) in [6.07, 6.45) is 2.78. The number of hydrogen-bond donors (Lipinski definition) is 1. The Balaban J connectivity index is 2.19. The predicted molar refractivity (Wildman–Crippen MR) is 64.0 cm³/mol. The van der Waals surface area contributed by atoms with Gasteiger partial charge in [0.2, 0.25) is 0 Å². The number of nitriles is 1. The van der Waals surface area contributed by atoms with E-state index in [0.29, 0.717) is 6.10 Å². The smallest absolute Gasteiger partial charge is 0.113 e. The molecule has 1 heterocycles. The molecular weight excluding hydrogens is 208 g/mol. The molecule has 0 saturated carbocycles. The summed E-state index contributed by atoms with van der Waals surface area (Å²) in [7, 11) is 0. The Morgan fingerprint density at radius 2 is 2.47 bits per heavy atom. The molecule has 1 aliphatic heterocycles. The van der Waals surface area contributed by atoms with Crippen molar-refractivity contribution < 1.29 is 4.74 Å². The summed E-state index contributed by atoms with van der Waals surface area (Å²) < 4.78 is 5.54. The van der Waals surface area contributed by atoms with E-state index in [-0.39, 0.29) is 0 Å². The van der Waals surface area contributed by atoms with Gasteiger partial charge in [0.25, 0.3) is 0 Å². The van der Waals surface area contributed by atoms with E-state index in [9.17, 15) is 0 Å². The fraction of sp³-hybridized carbons (Fsp3) is 0.909. The van der Waals surface area contributed by atoms with Crippen molar-refractivity contribution in [3.8, 4) is 6.07 Å². The van der Waals surface area contributed by atoms with Gasteiger partial charge in [0.1, 0.15) is 5.54 Å². The van der Waals surface area contributed by atoms with Gasteiger partial charge in [-0.05, 0) is 26.3 Å². The summed E-state index contributed by atoms with van der Waals surface area (Å²) in [5, 5.41) is 12.3. The quantitative estimate of drug-likeness (QED) is 0.753. The molecule has 0 aromatic rings. The lowest BCUT2D eigenvalue weighted by atomic mass is 10.1. The predicted octanol–water partition coefficient (Wildman–Crippen LogP) is 1.79. The van der Waals surface area contributed by atoms with E-state index in [2.05, 4.69) is 11.4 Å². The van der Waals surface area contributed by atoms with Crippen LogP contribution in [0.15, 0.2) is 0 Å². The third kappa shape index (κ3) is 4.42. The maximum absolute atomic E-state index is 9.05. The Morgan fingerprint density at radius 3 is 3.00 bits per heavy atom. The zero-order valence-corrected chi connectivity index (χ0v) is 10.4. The minimum absolute atomic E-state index is 0.391. The Kier molecular flexibility index (Phi) is 5.44. The van der Waals surface area contributed by atoms with Crippen molar-refractivity contribution in [2.75, 3.05) is 24.7 Å². The van der Waals surface area contributed by atoms with Crippen LogP contribution >= 0.6 is 11.8 Å². The van der Waals surface area contributed by atoms with Gasteiger partial charge in [-0.2, -0.15) is 17.0 Å². The summed E-state index contributed by atoms with van der Waals surface area (Å²) in [5.41, 5.74) is -0.391. The zero-order chi connectivity index (χ0) is 11.1. The number of nitrogens with one attached hydrogen (secondary N) is 1. The number of hydrogen-bond acceptors (Lipinski definition) is 4. The Labute approximate surface area is 96.6 Å². The van der Waals surface area contributed by atoms with Gasteiger partial charge in [-0.3, -0.25) is 5.32 Å². The van der Waals surface area contributed by atoms with Crippen molar-refractivity contribution in [2.24, 2.45) is 0 Å². The van der Waals surface area contributed by atoms with E-state index in [1.165, 1.54) is 12.8 Å². The van der Waals surface area contributed by atoms with E-state index in [1.54, 1.807) is 0 Å². The van der Waals surface area contributed by atoms with Gasteiger partial charge in [0, 0.05) is 18.1 Å². The highest BCUT2D eigenvalue weighted by Crippen LogP contribution is 2.20. The first-order valence-electron chi connectivity index (χ1n) is 5.56. The second-order valence-electron chi connectivity index (χ2n) is 4.12. The number of nitrogens with zero attached hydrogens (tertiary/aromatic N) is 1. The third-order valence-corrected chi connectivity index (χ3v) is 3.92. The molecule has 0 aliphatic carbocycles. The molecule has 2 atom stereocenters. The summed E-state index contributed by atoms with van der Waals surface area (Å²) >= 11 is 1.81. The average molecular weight is 228 g/mol. The van der Waals surface area contributed by atoms with Crippen LogP contribution in [0.2, 0.25) is 0 Å². The van der Waals surface area contributed by atoms with Crippen LogP contribution in [0.25, 0.3) is 0 Å². The molecule has 1 fully saturated rings. The first kappa shape index (κ1) is 12.8. The Morgan fingerprint density at radius 1 is 1.67 bits per heavy atom. The van der Waals surface area contributed by atoms with Crippen molar-refractivity contribution in [2.45, 2.75) is 38.3 Å². The van der Waals surface area contributed by atoms with Crippen molar-refractivity contribution in [1.29, 1.82) is 5.26 Å². The molecule has 3 nitrogen and oxygen atoms in total. The molecule has 0 radical (unpaired) electrons. The summed E-state index contributed by atoms with van der Waals surface area (Å²) in [5.74, 6) is 1.85. The van der Waals surface area contributed by atoms with Gasteiger partial charge in [-0.1, -0.05) is 6.92 Å². The van der Waals surface area contributed by atoms with Crippen LogP contribution in [0.3, 0.4) is 0 Å². The lowest BCUT2D eigenvalue weighted by molar-refractivity contribution is 0.129. The monoisotopic (exact) mass is 228 g/mol. The van der Waals surface area contributed by atoms with Crippen LogP contribution in [-0.4, -0.2) is 36.3 Å². The third-order valence-electron chi connectivity index (χ3n) is 2.53. The van der Waals surface area contributed by atoms with E-state index in [0.717, 1.165) is 24.7 Å². The Hall–Kier alpha value is -0.240. The highest BCUT2D eigenvalue weighted by atomic mass is 32.2. The summed E-state index contributed by atoms with van der Waals surface area (Å²) in [6.45, 7) is 5.73. The van der Waals surface area contributed by atoms with Crippen LogP contribution in [0.4, 0.5) is 0 Å². The minimum atomic E-state index is -0.391. The van der Waals surface area contributed by atoms with Gasteiger partial charge in [-0.15, -0.1) is 0 Å². The second-order valence-corrected chi connectivity index (χ2v) is 5.15. The lowest BCUT2D eigenvalue weighted by Crippen LogP contribution is -2.43. The van der Waals surface area contributed by atoms with Crippen LogP contribution in [0, 0.1) is 11.3 Å². The Bertz CT molecular complexity index is 223. The number of rotatable bonds is 6. The maximum Gasteiger partial charge on any atom is 0.113 e. The van der Waals surface area contributed by atoms with Crippen LogP contribution in [-0.2, 0) is 4.74 Å². The van der Waals surface area contributed by atoms with E-state index in [1.807, 2.05) is 25.6 Å². The molecule has 0 amide bonds. The van der Waals surface area contributed by atoms with Crippen molar-refractivity contribution >= 4 is 11.8 Å². The highest BCUT2D eigenvalue weighted by molar-refractivity contribution is 7.99. The van der Waals surface area contributed by atoms with Crippen molar-refractivity contribution in [3.63, 3.8) is 0 Å². The van der Waals surface area contributed by atoms with E-state index < -0.39 is 5.54 Å². The van der Waals surface area contributed by atoms with Crippen LogP contribution < -0.4 is 5.32 Å². The van der Waals surface area contributed by atoms with E-state index in [4.69, 9.17) is 10.00 Å². The standard InChI is InChI=1S/C11H20N2OS/c1-3-13-11(2,8-12)9-15-7-10-5-4-6-14-10/h10,13H,3-7,9H2,1-2H3. The largest absolute Gasteiger partial charge is 0.377 e. The SMILES string of the molecule is CCNC(C)(C#N)CSCC1CCCO1. The first-order valence-corrected chi connectivity index (χ1v) is 6.71. The molecule has 15 heavy (non-hydrogen) atoms. The minimum Gasteiger partial charge on any atom is -0.377 e. The molecule has 0 aromatic heterocycles. The first-order chi connectivity index (χ1) is 7.20. The normalized spacial score (nSPS) is 24.7. The maximum atomic E-state index is 9.05. The highest BCUT2D eigenvalue weighted by Gasteiger charge is 2.23. The molecule has 0 aromatic carbocycles. The van der Waals surface area contributed by atoms with Crippen LogP contribution in [0.5, 0.6) is 0 Å². The molecule has 1 aliphatic rings. The molecule has 0 bridgehead atoms. The summed E-state index contributed by atoms with van der Waals surface area (Å²) in [4.78, 5) is 0. The number of thioether (sulfide) groups is 1. The van der Waals surface area contributed by atoms with Gasteiger partial charge in [0.05, 0.1) is 12.2 Å². The number of ether oxygens (including phenoxy) is 1. The van der Waals surface area contributed by atoms with Crippen molar-refractivity contribution in [3.05, 3.63) is 0 Å². The van der Waals surface area contributed by atoms with Gasteiger partial charge >= 0.3 is 0 Å². The van der Waals surface area contributed by atoms with Crippen molar-refractivity contribution in [1.82, 2.24) is 5.32 Å². The van der Waals surface area contributed by atoms with Crippen LogP contribution in [0.1, 0.15) is 26.7 Å². The molecule has 2 unspecified atom stereocenters. The summed E-state index contributed by atoms with van der Waals surface area (Å²) in [6, 6.07) is 2.33. The zero-order valence-electron chi connectivity index (χ0n) is 9.58. The molecule has 1 N–H and O–H groups in total. The van der Waals surface area contributed by atoms with Gasteiger partial charge < -0.3 is 4.74 Å². The molecular formula is C11H20N2OS. The molecule has 0 spiro atoms. The lowest BCUT2D eigenvalue weighted by Gasteiger charge is -2.22. The topological polar surface area (TPSA) is 45.0 Å². The second kappa shape index (κ2) is 6.37. The molecule has 1 saturated heterocycles. The average Bonchev–Trinajstić information content (AvgIpc) is 2.71. The van der Waals surface area contributed by atoms with Gasteiger partial charge in [0.15, 0.2) is 0 Å². The molecule has 86 valence electrons. The molecule has 1 rings (SSSR count).